The second-order valence-electron chi connectivity index (χ2n) is 6.80. The van der Waals surface area contributed by atoms with Gasteiger partial charge in [-0.25, -0.2) is 4.98 Å². The van der Waals surface area contributed by atoms with Gasteiger partial charge in [-0.2, -0.15) is 0 Å². The van der Waals surface area contributed by atoms with E-state index in [-0.39, 0.29) is 5.91 Å². The Hall–Kier alpha value is -3.31. The van der Waals surface area contributed by atoms with Gasteiger partial charge >= 0.3 is 0 Å². The molecule has 0 bridgehead atoms. The zero-order valence-electron chi connectivity index (χ0n) is 16.2. The summed E-state index contributed by atoms with van der Waals surface area (Å²) in [4.78, 5) is 17.0. The van der Waals surface area contributed by atoms with Gasteiger partial charge < -0.3 is 14.5 Å². The summed E-state index contributed by atoms with van der Waals surface area (Å²) in [5, 5.41) is 3.24. The van der Waals surface area contributed by atoms with Crippen LogP contribution in [0.4, 0.5) is 5.69 Å². The maximum atomic E-state index is 12.5. The molecule has 146 valence electrons. The number of carbonyl (C=O) groups excluding carboxylic acids is 1. The molecule has 1 aromatic heterocycles. The van der Waals surface area contributed by atoms with Crippen molar-refractivity contribution < 1.29 is 13.9 Å². The van der Waals surface area contributed by atoms with Crippen LogP contribution in [0, 0.1) is 13.8 Å². The zero-order valence-corrected chi connectivity index (χ0v) is 17.0. The van der Waals surface area contributed by atoms with Crippen LogP contribution in [0.25, 0.3) is 22.6 Å². The zero-order chi connectivity index (χ0) is 20.5. The van der Waals surface area contributed by atoms with Gasteiger partial charge in [0.15, 0.2) is 5.58 Å². The van der Waals surface area contributed by atoms with E-state index in [0.29, 0.717) is 27.9 Å². The molecular weight excluding hydrogens is 388 g/mol. The van der Waals surface area contributed by atoms with Crippen molar-refractivity contribution in [1.82, 2.24) is 4.98 Å². The van der Waals surface area contributed by atoms with Crippen molar-refractivity contribution in [3.8, 4) is 17.2 Å². The van der Waals surface area contributed by atoms with Crippen LogP contribution >= 0.6 is 11.6 Å². The molecule has 1 N–H and O–H groups in total. The molecule has 0 atom stereocenters. The summed E-state index contributed by atoms with van der Waals surface area (Å²) in [6.07, 6.45) is 0. The Kier molecular flexibility index (Phi) is 4.99. The average Bonchev–Trinajstić information content (AvgIpc) is 3.11. The highest BCUT2D eigenvalue weighted by atomic mass is 35.5. The molecule has 0 aliphatic heterocycles. The molecule has 3 aromatic carbocycles. The topological polar surface area (TPSA) is 64.4 Å². The summed E-state index contributed by atoms with van der Waals surface area (Å²) in [6, 6.07) is 16.3. The molecule has 0 saturated heterocycles. The minimum absolute atomic E-state index is 0.255. The minimum Gasteiger partial charge on any atom is -0.495 e. The number of hydrogen-bond donors (Lipinski definition) is 1. The third kappa shape index (κ3) is 3.82. The number of rotatable bonds is 4. The summed E-state index contributed by atoms with van der Waals surface area (Å²) in [6.45, 7) is 4.10. The van der Waals surface area contributed by atoms with Crippen LogP contribution in [0.1, 0.15) is 21.5 Å². The molecule has 29 heavy (non-hydrogen) atoms. The van der Waals surface area contributed by atoms with Gasteiger partial charge in [0, 0.05) is 16.8 Å². The van der Waals surface area contributed by atoms with E-state index in [4.69, 9.17) is 20.8 Å². The fraction of sp³-hybridized carbons (Fsp3) is 0.130. The largest absolute Gasteiger partial charge is 0.495 e. The summed E-state index contributed by atoms with van der Waals surface area (Å²) in [7, 11) is 1.53. The predicted molar refractivity (Wildman–Crippen MR) is 115 cm³/mol. The van der Waals surface area contributed by atoms with Crippen LogP contribution in [0.15, 0.2) is 59.0 Å². The normalized spacial score (nSPS) is 10.9. The first-order valence-corrected chi connectivity index (χ1v) is 9.45. The van der Waals surface area contributed by atoms with E-state index < -0.39 is 0 Å². The molecule has 1 amide bonds. The second-order valence-corrected chi connectivity index (χ2v) is 7.21. The highest BCUT2D eigenvalue weighted by Crippen LogP contribution is 2.28. The Morgan fingerprint density at radius 1 is 1.03 bits per heavy atom. The lowest BCUT2D eigenvalue weighted by Crippen LogP contribution is -2.11. The third-order valence-electron chi connectivity index (χ3n) is 4.81. The molecular formula is C23H19ClN2O3. The maximum Gasteiger partial charge on any atom is 0.255 e. The number of aryl methyl sites for hydroxylation is 2. The molecule has 0 aliphatic rings. The van der Waals surface area contributed by atoms with Gasteiger partial charge in [0.1, 0.15) is 11.3 Å². The molecule has 0 saturated carbocycles. The standard InChI is InChI=1S/C23H19ClN2O3/c1-13-10-19-21(11-14(13)2)29-23(26-19)15-4-7-17(8-5-15)25-22(27)16-6-9-20(28-3)18(24)12-16/h4-12H,1-3H3,(H,25,27). The molecule has 4 rings (SSSR count). The van der Waals surface area contributed by atoms with Crippen LogP contribution in [0.3, 0.4) is 0 Å². The van der Waals surface area contributed by atoms with Gasteiger partial charge in [-0.1, -0.05) is 11.6 Å². The first-order valence-electron chi connectivity index (χ1n) is 9.08. The summed E-state index contributed by atoms with van der Waals surface area (Å²) < 4.78 is 11.0. The van der Waals surface area contributed by atoms with Gasteiger partial charge in [-0.3, -0.25) is 4.79 Å². The number of nitrogens with zero attached hydrogens (tertiary/aromatic N) is 1. The lowest BCUT2D eigenvalue weighted by Gasteiger charge is -2.08. The molecule has 4 aromatic rings. The van der Waals surface area contributed by atoms with E-state index in [2.05, 4.69) is 17.2 Å². The van der Waals surface area contributed by atoms with Gasteiger partial charge in [-0.15, -0.1) is 0 Å². The van der Waals surface area contributed by atoms with Gasteiger partial charge in [0.25, 0.3) is 5.91 Å². The van der Waals surface area contributed by atoms with Crippen LogP contribution in [-0.2, 0) is 0 Å². The van der Waals surface area contributed by atoms with E-state index in [9.17, 15) is 4.79 Å². The lowest BCUT2D eigenvalue weighted by atomic mass is 10.1. The highest BCUT2D eigenvalue weighted by molar-refractivity contribution is 6.32. The van der Waals surface area contributed by atoms with Crippen LogP contribution < -0.4 is 10.1 Å². The van der Waals surface area contributed by atoms with Crippen molar-refractivity contribution in [3.05, 3.63) is 76.3 Å². The monoisotopic (exact) mass is 406 g/mol. The SMILES string of the molecule is COc1ccc(C(=O)Nc2ccc(-c3nc4cc(C)c(C)cc4o3)cc2)cc1Cl. The van der Waals surface area contributed by atoms with Crippen molar-refractivity contribution in [2.24, 2.45) is 0 Å². The molecule has 0 fully saturated rings. The lowest BCUT2D eigenvalue weighted by molar-refractivity contribution is 0.102. The fourth-order valence-corrected chi connectivity index (χ4v) is 3.27. The number of aromatic nitrogens is 1. The number of hydrogen-bond acceptors (Lipinski definition) is 4. The summed E-state index contributed by atoms with van der Waals surface area (Å²) >= 11 is 6.10. The molecule has 0 spiro atoms. The molecule has 0 radical (unpaired) electrons. The van der Waals surface area contributed by atoms with Crippen molar-refractivity contribution in [1.29, 1.82) is 0 Å². The number of anilines is 1. The number of carbonyl (C=O) groups is 1. The number of amides is 1. The highest BCUT2D eigenvalue weighted by Gasteiger charge is 2.12. The Bertz CT molecular complexity index is 1170. The van der Waals surface area contributed by atoms with Gasteiger partial charge in [0.2, 0.25) is 5.89 Å². The van der Waals surface area contributed by atoms with Crippen LogP contribution in [0.5, 0.6) is 5.75 Å². The number of halogens is 1. The number of methoxy groups -OCH3 is 1. The van der Waals surface area contributed by atoms with E-state index in [1.54, 1.807) is 18.2 Å². The van der Waals surface area contributed by atoms with Gasteiger partial charge in [-0.05, 0) is 79.6 Å². The minimum atomic E-state index is -0.255. The molecule has 0 unspecified atom stereocenters. The quantitative estimate of drug-likeness (QED) is 0.449. The van der Waals surface area contributed by atoms with Crippen molar-refractivity contribution in [3.63, 3.8) is 0 Å². The summed E-state index contributed by atoms with van der Waals surface area (Å²) in [5.74, 6) is 0.816. The fourth-order valence-electron chi connectivity index (χ4n) is 3.01. The smallest absolute Gasteiger partial charge is 0.255 e. The van der Waals surface area contributed by atoms with Crippen molar-refractivity contribution in [2.45, 2.75) is 13.8 Å². The molecule has 6 heteroatoms. The Balaban J connectivity index is 1.53. The average molecular weight is 407 g/mol. The Morgan fingerprint density at radius 2 is 1.76 bits per heavy atom. The van der Waals surface area contributed by atoms with Crippen LogP contribution in [-0.4, -0.2) is 18.0 Å². The van der Waals surface area contributed by atoms with E-state index in [1.807, 2.05) is 43.3 Å². The first-order chi connectivity index (χ1) is 13.9. The maximum absolute atomic E-state index is 12.5. The molecule has 0 aliphatic carbocycles. The van der Waals surface area contributed by atoms with E-state index in [1.165, 1.54) is 12.7 Å². The van der Waals surface area contributed by atoms with E-state index >= 15 is 0 Å². The molecule has 5 nitrogen and oxygen atoms in total. The second kappa shape index (κ2) is 7.60. The third-order valence-corrected chi connectivity index (χ3v) is 5.10. The van der Waals surface area contributed by atoms with E-state index in [0.717, 1.165) is 22.2 Å². The number of nitrogens with one attached hydrogen (secondary N) is 1. The number of benzene rings is 3. The number of ether oxygens (including phenoxy) is 1. The summed E-state index contributed by atoms with van der Waals surface area (Å²) in [5.41, 5.74) is 5.87. The van der Waals surface area contributed by atoms with Gasteiger partial charge in [0.05, 0.1) is 12.1 Å². The Labute approximate surface area is 173 Å². The first kappa shape index (κ1) is 19.0. The van der Waals surface area contributed by atoms with Crippen LogP contribution in [0.2, 0.25) is 5.02 Å². The van der Waals surface area contributed by atoms with Crippen molar-refractivity contribution >= 4 is 34.3 Å². The predicted octanol–water partition coefficient (Wildman–Crippen LogP) is 6.03. The van der Waals surface area contributed by atoms with Crippen molar-refractivity contribution in [2.75, 3.05) is 12.4 Å². The molecule has 1 heterocycles. The number of oxazole rings is 1. The Morgan fingerprint density at radius 3 is 2.45 bits per heavy atom. The number of fused-ring (bicyclic) bond motifs is 1.